The summed E-state index contributed by atoms with van der Waals surface area (Å²) in [6.45, 7) is 7.46. The third-order valence-electron chi connectivity index (χ3n) is 4.77. The largest absolute Gasteiger partial charge is 0.497 e. The van der Waals surface area contributed by atoms with Gasteiger partial charge in [0.25, 0.3) is 5.91 Å². The van der Waals surface area contributed by atoms with Crippen LogP contribution in [0.1, 0.15) is 13.8 Å². The first-order valence-corrected chi connectivity index (χ1v) is 10.6. The van der Waals surface area contributed by atoms with Gasteiger partial charge in [0, 0.05) is 13.1 Å². The molecular formula is C22H28ClN3O3S. The number of hydrogen-bond donors (Lipinski definition) is 0. The number of amides is 1. The Balaban J connectivity index is 0.00000320. The van der Waals surface area contributed by atoms with E-state index < -0.39 is 0 Å². The highest BCUT2D eigenvalue weighted by atomic mass is 35.5. The lowest BCUT2D eigenvalue weighted by atomic mass is 10.3. The van der Waals surface area contributed by atoms with E-state index in [4.69, 9.17) is 9.47 Å². The maximum atomic E-state index is 13.0. The summed E-state index contributed by atoms with van der Waals surface area (Å²) in [5, 5.41) is 0.710. The number of hydrogen-bond acceptors (Lipinski definition) is 6. The predicted octanol–water partition coefficient (Wildman–Crippen LogP) is 4.48. The van der Waals surface area contributed by atoms with Crippen LogP contribution in [-0.2, 0) is 4.79 Å². The van der Waals surface area contributed by atoms with E-state index in [1.54, 1.807) is 24.1 Å². The van der Waals surface area contributed by atoms with Crippen LogP contribution in [0.25, 0.3) is 10.2 Å². The minimum absolute atomic E-state index is 0. The molecule has 30 heavy (non-hydrogen) atoms. The molecule has 0 radical (unpaired) electrons. The van der Waals surface area contributed by atoms with Crippen molar-refractivity contribution in [1.82, 2.24) is 9.88 Å². The standard InChI is InChI=1S/C22H27N3O3S.ClH/c1-4-24(5-2)14-15-25(22-23-19-8-6-7-9-20(19)29-22)21(26)16-28-18-12-10-17(27-3)11-13-18;/h6-13H,4-5,14-16H2,1-3H3;1H. The van der Waals surface area contributed by atoms with Gasteiger partial charge in [0.2, 0.25) is 0 Å². The molecule has 1 aromatic heterocycles. The van der Waals surface area contributed by atoms with Crippen molar-refractivity contribution in [3.8, 4) is 11.5 Å². The minimum Gasteiger partial charge on any atom is -0.497 e. The van der Waals surface area contributed by atoms with E-state index in [0.717, 1.165) is 35.6 Å². The molecule has 0 aliphatic rings. The van der Waals surface area contributed by atoms with E-state index in [1.165, 1.54) is 11.3 Å². The monoisotopic (exact) mass is 449 g/mol. The third-order valence-corrected chi connectivity index (χ3v) is 5.83. The van der Waals surface area contributed by atoms with Crippen molar-refractivity contribution in [3.05, 3.63) is 48.5 Å². The lowest BCUT2D eigenvalue weighted by Crippen LogP contribution is -2.41. The van der Waals surface area contributed by atoms with Crippen LogP contribution in [0.3, 0.4) is 0 Å². The predicted molar refractivity (Wildman–Crippen MR) is 125 cm³/mol. The number of thiazole rings is 1. The molecule has 8 heteroatoms. The number of halogens is 1. The molecule has 1 amide bonds. The van der Waals surface area contributed by atoms with E-state index in [9.17, 15) is 4.79 Å². The second-order valence-electron chi connectivity index (χ2n) is 6.50. The molecule has 3 aromatic rings. The molecule has 0 atom stereocenters. The Labute approximate surface area is 187 Å². The Morgan fingerprint density at radius 2 is 1.67 bits per heavy atom. The van der Waals surface area contributed by atoms with Gasteiger partial charge < -0.3 is 14.4 Å². The van der Waals surface area contributed by atoms with Crippen LogP contribution in [-0.4, -0.2) is 55.7 Å². The van der Waals surface area contributed by atoms with Gasteiger partial charge in [-0.05, 0) is 49.5 Å². The molecule has 0 fully saturated rings. The van der Waals surface area contributed by atoms with E-state index in [2.05, 4.69) is 23.7 Å². The summed E-state index contributed by atoms with van der Waals surface area (Å²) in [6.07, 6.45) is 0. The number of carbonyl (C=O) groups is 1. The second-order valence-corrected chi connectivity index (χ2v) is 7.51. The van der Waals surface area contributed by atoms with Crippen LogP contribution in [0.5, 0.6) is 11.5 Å². The molecule has 0 unspecified atom stereocenters. The number of fused-ring (bicyclic) bond motifs is 1. The summed E-state index contributed by atoms with van der Waals surface area (Å²) in [7, 11) is 1.62. The number of likely N-dealkylation sites (N-methyl/N-ethyl adjacent to an activating group) is 1. The summed E-state index contributed by atoms with van der Waals surface area (Å²) in [5.41, 5.74) is 0.907. The highest BCUT2D eigenvalue weighted by Crippen LogP contribution is 2.28. The van der Waals surface area contributed by atoms with Gasteiger partial charge in [-0.2, -0.15) is 0 Å². The molecule has 0 aliphatic carbocycles. The molecule has 162 valence electrons. The van der Waals surface area contributed by atoms with Crippen LogP contribution in [0, 0.1) is 0 Å². The number of anilines is 1. The number of methoxy groups -OCH3 is 1. The molecule has 1 heterocycles. The van der Waals surface area contributed by atoms with Crippen LogP contribution in [0.2, 0.25) is 0 Å². The topological polar surface area (TPSA) is 54.9 Å². The minimum atomic E-state index is -0.105. The maximum Gasteiger partial charge on any atom is 0.266 e. The smallest absolute Gasteiger partial charge is 0.266 e. The fraction of sp³-hybridized carbons (Fsp3) is 0.364. The van der Waals surface area contributed by atoms with E-state index >= 15 is 0 Å². The number of rotatable bonds is 10. The zero-order chi connectivity index (χ0) is 20.6. The second kappa shape index (κ2) is 11.7. The van der Waals surface area contributed by atoms with Crippen LogP contribution in [0.4, 0.5) is 5.13 Å². The first-order valence-electron chi connectivity index (χ1n) is 9.79. The van der Waals surface area contributed by atoms with Crippen LogP contribution in [0.15, 0.2) is 48.5 Å². The fourth-order valence-corrected chi connectivity index (χ4v) is 3.99. The van der Waals surface area contributed by atoms with Crippen molar-refractivity contribution >= 4 is 45.0 Å². The summed E-state index contributed by atoms with van der Waals surface area (Å²) < 4.78 is 11.9. The van der Waals surface area contributed by atoms with Crippen molar-refractivity contribution in [2.45, 2.75) is 13.8 Å². The first kappa shape index (κ1) is 23.9. The zero-order valence-corrected chi connectivity index (χ0v) is 19.2. The maximum absolute atomic E-state index is 13.0. The lowest BCUT2D eigenvalue weighted by Gasteiger charge is -2.24. The Bertz CT molecular complexity index is 896. The molecule has 3 rings (SSSR count). The SMILES string of the molecule is CCN(CC)CCN(C(=O)COc1ccc(OC)cc1)c1nc2ccccc2s1.Cl. The van der Waals surface area contributed by atoms with Gasteiger partial charge in [0.15, 0.2) is 11.7 Å². The lowest BCUT2D eigenvalue weighted by molar-refractivity contribution is -0.120. The quantitative estimate of drug-likeness (QED) is 0.456. The number of nitrogens with zero attached hydrogens (tertiary/aromatic N) is 3. The van der Waals surface area contributed by atoms with Crippen LogP contribution < -0.4 is 14.4 Å². The third kappa shape index (κ3) is 6.08. The van der Waals surface area contributed by atoms with E-state index in [-0.39, 0.29) is 24.9 Å². The number of benzene rings is 2. The molecule has 0 N–H and O–H groups in total. The summed E-state index contributed by atoms with van der Waals surface area (Å²) in [4.78, 5) is 21.7. The normalized spacial score (nSPS) is 10.7. The van der Waals surface area contributed by atoms with E-state index in [1.807, 2.05) is 36.4 Å². The van der Waals surface area contributed by atoms with Gasteiger partial charge >= 0.3 is 0 Å². The number of para-hydroxylation sites is 1. The van der Waals surface area contributed by atoms with Gasteiger partial charge in [-0.1, -0.05) is 37.3 Å². The van der Waals surface area contributed by atoms with E-state index in [0.29, 0.717) is 17.4 Å². The summed E-state index contributed by atoms with van der Waals surface area (Å²) in [5.74, 6) is 1.28. The number of carbonyl (C=O) groups excluding carboxylic acids is 1. The van der Waals surface area contributed by atoms with Crippen molar-refractivity contribution < 1.29 is 14.3 Å². The average Bonchev–Trinajstić information content (AvgIpc) is 3.19. The van der Waals surface area contributed by atoms with Gasteiger partial charge in [0.05, 0.1) is 17.3 Å². The fourth-order valence-electron chi connectivity index (χ4n) is 2.98. The van der Waals surface area contributed by atoms with Gasteiger partial charge in [0.1, 0.15) is 11.5 Å². The number of ether oxygens (including phenoxy) is 2. The summed E-state index contributed by atoms with van der Waals surface area (Å²) >= 11 is 1.53. The first-order chi connectivity index (χ1) is 14.1. The average molecular weight is 450 g/mol. The number of aromatic nitrogens is 1. The molecular weight excluding hydrogens is 422 g/mol. The van der Waals surface area contributed by atoms with Crippen molar-refractivity contribution in [2.75, 3.05) is 44.8 Å². The van der Waals surface area contributed by atoms with Crippen LogP contribution >= 0.6 is 23.7 Å². The highest BCUT2D eigenvalue weighted by molar-refractivity contribution is 7.22. The van der Waals surface area contributed by atoms with Crippen molar-refractivity contribution in [1.29, 1.82) is 0 Å². The van der Waals surface area contributed by atoms with Crippen molar-refractivity contribution in [3.63, 3.8) is 0 Å². The Hall–Kier alpha value is -2.35. The Kier molecular flexibility index (Phi) is 9.36. The molecule has 0 bridgehead atoms. The Morgan fingerprint density at radius 3 is 2.30 bits per heavy atom. The summed E-state index contributed by atoms with van der Waals surface area (Å²) in [6, 6.07) is 15.2. The molecule has 6 nitrogen and oxygen atoms in total. The van der Waals surface area contributed by atoms with Crippen molar-refractivity contribution in [2.24, 2.45) is 0 Å². The molecule has 0 spiro atoms. The molecule has 0 saturated carbocycles. The molecule has 0 aliphatic heterocycles. The highest BCUT2D eigenvalue weighted by Gasteiger charge is 2.21. The van der Waals surface area contributed by atoms with Gasteiger partial charge in [-0.25, -0.2) is 4.98 Å². The van der Waals surface area contributed by atoms with Gasteiger partial charge in [-0.3, -0.25) is 9.69 Å². The Morgan fingerprint density at radius 1 is 1.00 bits per heavy atom. The molecule has 2 aromatic carbocycles. The van der Waals surface area contributed by atoms with Gasteiger partial charge in [-0.15, -0.1) is 12.4 Å². The molecule has 0 saturated heterocycles. The zero-order valence-electron chi connectivity index (χ0n) is 17.5.